The van der Waals surface area contributed by atoms with E-state index in [-0.39, 0.29) is 22.9 Å². The molecule has 2 rings (SSSR count). The van der Waals surface area contributed by atoms with Gasteiger partial charge in [-0.05, 0) is 19.1 Å². The minimum absolute atomic E-state index is 0.113. The maximum atomic E-state index is 12.7. The molecule has 1 aromatic carbocycles. The number of benzene rings is 1. The molecule has 94 valence electrons. The molecule has 8 heteroatoms. The summed E-state index contributed by atoms with van der Waals surface area (Å²) in [5.74, 6) is -0.446. The summed E-state index contributed by atoms with van der Waals surface area (Å²) in [4.78, 5) is 0. The number of alkyl halides is 2. The molecule has 0 bridgehead atoms. The standard InChI is InChI=1S/C9H9F2NO4S/c1-2-17(13,14)12-6-3-4-7-8(5-6)16-9(10,11)15-7/h3-5,12H,2H2,1H3. The van der Waals surface area contributed by atoms with Gasteiger partial charge in [-0.3, -0.25) is 4.72 Å². The average Bonchev–Trinajstić information content (AvgIpc) is 2.50. The number of rotatable bonds is 3. The fourth-order valence-corrected chi connectivity index (χ4v) is 1.89. The second-order valence-electron chi connectivity index (χ2n) is 3.33. The third-order valence-corrected chi connectivity index (χ3v) is 3.36. The van der Waals surface area contributed by atoms with Gasteiger partial charge < -0.3 is 9.47 Å². The largest absolute Gasteiger partial charge is 0.586 e. The number of hydrogen-bond donors (Lipinski definition) is 1. The third-order valence-electron chi connectivity index (χ3n) is 2.05. The van der Waals surface area contributed by atoms with Crippen LogP contribution in [0.5, 0.6) is 11.5 Å². The van der Waals surface area contributed by atoms with Crippen molar-refractivity contribution in [2.45, 2.75) is 13.2 Å². The minimum Gasteiger partial charge on any atom is -0.395 e. The van der Waals surface area contributed by atoms with Crippen LogP contribution in [0.2, 0.25) is 0 Å². The normalized spacial score (nSPS) is 16.9. The van der Waals surface area contributed by atoms with Gasteiger partial charge in [0.05, 0.1) is 11.4 Å². The lowest BCUT2D eigenvalue weighted by Crippen LogP contribution is -2.25. The van der Waals surface area contributed by atoms with E-state index in [2.05, 4.69) is 14.2 Å². The van der Waals surface area contributed by atoms with Crippen LogP contribution in [-0.2, 0) is 10.0 Å². The van der Waals surface area contributed by atoms with E-state index in [1.165, 1.54) is 19.1 Å². The molecule has 0 spiro atoms. The number of halogens is 2. The van der Waals surface area contributed by atoms with Crippen LogP contribution in [0.15, 0.2) is 18.2 Å². The molecular formula is C9H9F2NO4S. The van der Waals surface area contributed by atoms with Gasteiger partial charge in [-0.15, -0.1) is 8.78 Å². The predicted octanol–water partition coefficient (Wildman–Crippen LogP) is 1.77. The third kappa shape index (κ3) is 2.57. The van der Waals surface area contributed by atoms with Gasteiger partial charge in [-0.25, -0.2) is 8.42 Å². The molecule has 0 radical (unpaired) electrons. The highest BCUT2D eigenvalue weighted by Gasteiger charge is 2.43. The topological polar surface area (TPSA) is 64.6 Å². The Bertz CT molecular complexity index is 544. The lowest BCUT2D eigenvalue weighted by Gasteiger charge is -2.06. The summed E-state index contributed by atoms with van der Waals surface area (Å²) in [7, 11) is -3.45. The van der Waals surface area contributed by atoms with Crippen molar-refractivity contribution >= 4 is 15.7 Å². The van der Waals surface area contributed by atoms with Crippen molar-refractivity contribution in [1.82, 2.24) is 0 Å². The SMILES string of the molecule is CCS(=O)(=O)Nc1ccc2c(c1)OC(F)(F)O2. The van der Waals surface area contributed by atoms with Gasteiger partial charge in [0.25, 0.3) is 0 Å². The van der Waals surface area contributed by atoms with Gasteiger partial charge in [0.2, 0.25) is 10.0 Å². The Morgan fingerprint density at radius 2 is 1.94 bits per heavy atom. The summed E-state index contributed by atoms with van der Waals surface area (Å²) in [6, 6.07) is 3.67. The highest BCUT2D eigenvalue weighted by molar-refractivity contribution is 7.92. The zero-order valence-corrected chi connectivity index (χ0v) is 9.55. The van der Waals surface area contributed by atoms with Crippen molar-refractivity contribution in [3.8, 4) is 11.5 Å². The second kappa shape index (κ2) is 3.73. The van der Waals surface area contributed by atoms with Crippen LogP contribution in [0.25, 0.3) is 0 Å². The van der Waals surface area contributed by atoms with Crippen molar-refractivity contribution in [2.75, 3.05) is 10.5 Å². The predicted molar refractivity (Wildman–Crippen MR) is 55.7 cm³/mol. The van der Waals surface area contributed by atoms with E-state index in [1.807, 2.05) is 0 Å². The molecule has 1 N–H and O–H groups in total. The average molecular weight is 265 g/mol. The first kappa shape index (κ1) is 11.9. The zero-order valence-electron chi connectivity index (χ0n) is 8.74. The Morgan fingerprint density at radius 3 is 2.59 bits per heavy atom. The van der Waals surface area contributed by atoms with Gasteiger partial charge in [-0.2, -0.15) is 0 Å². The van der Waals surface area contributed by atoms with Crippen molar-refractivity contribution < 1.29 is 26.7 Å². The van der Waals surface area contributed by atoms with Crippen LogP contribution in [0.4, 0.5) is 14.5 Å². The van der Waals surface area contributed by atoms with Crippen LogP contribution in [-0.4, -0.2) is 20.5 Å². The molecule has 0 saturated carbocycles. The van der Waals surface area contributed by atoms with Gasteiger partial charge in [-0.1, -0.05) is 0 Å². The summed E-state index contributed by atoms with van der Waals surface area (Å²) in [6.07, 6.45) is -3.70. The van der Waals surface area contributed by atoms with Crippen LogP contribution in [0.1, 0.15) is 6.92 Å². The number of ether oxygens (including phenoxy) is 2. The Balaban J connectivity index is 2.26. The first-order valence-electron chi connectivity index (χ1n) is 4.72. The summed E-state index contributed by atoms with van der Waals surface area (Å²) in [5.41, 5.74) is 0.145. The zero-order chi connectivity index (χ0) is 12.7. The second-order valence-corrected chi connectivity index (χ2v) is 5.35. The van der Waals surface area contributed by atoms with Crippen LogP contribution < -0.4 is 14.2 Å². The lowest BCUT2D eigenvalue weighted by molar-refractivity contribution is -0.286. The Kier molecular flexibility index (Phi) is 2.61. The maximum Gasteiger partial charge on any atom is 0.586 e. The van der Waals surface area contributed by atoms with Gasteiger partial charge in [0.1, 0.15) is 0 Å². The number of sulfonamides is 1. The van der Waals surface area contributed by atoms with Crippen molar-refractivity contribution in [2.24, 2.45) is 0 Å². The van der Waals surface area contributed by atoms with Crippen LogP contribution in [0, 0.1) is 0 Å². The molecule has 0 aromatic heterocycles. The van der Waals surface area contributed by atoms with Crippen LogP contribution in [0.3, 0.4) is 0 Å². The number of fused-ring (bicyclic) bond motifs is 1. The van der Waals surface area contributed by atoms with Crippen molar-refractivity contribution in [3.63, 3.8) is 0 Å². The van der Waals surface area contributed by atoms with E-state index in [0.29, 0.717) is 0 Å². The Morgan fingerprint density at radius 1 is 1.29 bits per heavy atom. The molecule has 1 aliphatic heterocycles. The van der Waals surface area contributed by atoms with E-state index in [1.54, 1.807) is 0 Å². The number of hydrogen-bond acceptors (Lipinski definition) is 4. The maximum absolute atomic E-state index is 12.7. The molecule has 1 aliphatic rings. The number of anilines is 1. The molecular weight excluding hydrogens is 256 g/mol. The molecule has 0 unspecified atom stereocenters. The van der Waals surface area contributed by atoms with Crippen molar-refractivity contribution in [1.29, 1.82) is 0 Å². The van der Waals surface area contributed by atoms with E-state index in [0.717, 1.165) is 6.07 Å². The van der Waals surface area contributed by atoms with Gasteiger partial charge >= 0.3 is 6.29 Å². The fourth-order valence-electron chi connectivity index (χ4n) is 1.26. The van der Waals surface area contributed by atoms with E-state index in [4.69, 9.17) is 0 Å². The minimum atomic E-state index is -3.70. The summed E-state index contributed by atoms with van der Waals surface area (Å²) in [5, 5.41) is 0. The lowest BCUT2D eigenvalue weighted by atomic mass is 10.3. The van der Waals surface area contributed by atoms with Gasteiger partial charge in [0.15, 0.2) is 11.5 Å². The summed E-state index contributed by atoms with van der Waals surface area (Å²) >= 11 is 0. The molecule has 5 nitrogen and oxygen atoms in total. The molecule has 17 heavy (non-hydrogen) atoms. The quantitative estimate of drug-likeness (QED) is 0.904. The summed E-state index contributed by atoms with van der Waals surface area (Å²) < 4.78 is 58.5. The smallest absolute Gasteiger partial charge is 0.395 e. The van der Waals surface area contributed by atoms with E-state index >= 15 is 0 Å². The van der Waals surface area contributed by atoms with Gasteiger partial charge in [0, 0.05) is 6.07 Å². The number of nitrogens with one attached hydrogen (secondary N) is 1. The van der Waals surface area contributed by atoms with Crippen molar-refractivity contribution in [3.05, 3.63) is 18.2 Å². The highest BCUT2D eigenvalue weighted by atomic mass is 32.2. The molecule has 0 amide bonds. The highest BCUT2D eigenvalue weighted by Crippen LogP contribution is 2.42. The first-order chi connectivity index (χ1) is 7.81. The Hall–Kier alpha value is -1.57. The first-order valence-corrected chi connectivity index (χ1v) is 6.37. The molecule has 0 atom stereocenters. The fraction of sp³-hybridized carbons (Fsp3) is 0.333. The molecule has 0 saturated heterocycles. The van der Waals surface area contributed by atoms with Crippen LogP contribution >= 0.6 is 0 Å². The molecule has 1 heterocycles. The molecule has 0 fully saturated rings. The van der Waals surface area contributed by atoms with E-state index < -0.39 is 16.3 Å². The Labute approximate surface area is 96.4 Å². The molecule has 1 aromatic rings. The monoisotopic (exact) mass is 265 g/mol. The van der Waals surface area contributed by atoms with E-state index in [9.17, 15) is 17.2 Å². The molecule has 0 aliphatic carbocycles. The summed E-state index contributed by atoms with van der Waals surface area (Å²) in [6.45, 7) is 1.46.